The number of nitro groups is 1. The Kier molecular flexibility index (Phi) is 8.86. The van der Waals surface area contributed by atoms with Crippen molar-refractivity contribution in [3.8, 4) is 29.1 Å². The maximum absolute atomic E-state index is 12.6. The van der Waals surface area contributed by atoms with Gasteiger partial charge in [-0.2, -0.15) is 5.26 Å². The molecule has 3 aromatic carbocycles. The summed E-state index contributed by atoms with van der Waals surface area (Å²) >= 11 is 0. The van der Waals surface area contributed by atoms with E-state index in [0.29, 0.717) is 29.4 Å². The molecule has 0 saturated heterocycles. The Labute approximate surface area is 231 Å². The van der Waals surface area contributed by atoms with E-state index in [1.807, 2.05) is 18.2 Å². The van der Waals surface area contributed by atoms with Gasteiger partial charge in [0.25, 0.3) is 5.69 Å². The van der Waals surface area contributed by atoms with Crippen LogP contribution in [0.15, 0.2) is 72.1 Å². The molecule has 1 heterocycles. The van der Waals surface area contributed by atoms with Crippen LogP contribution >= 0.6 is 0 Å². The third-order valence-corrected chi connectivity index (χ3v) is 6.47. The molecular formula is C30H29N3O7. The van der Waals surface area contributed by atoms with Crippen LogP contribution in [-0.4, -0.2) is 24.6 Å². The van der Waals surface area contributed by atoms with Gasteiger partial charge in [0, 0.05) is 23.8 Å². The molecule has 0 radical (unpaired) electrons. The molecule has 2 N–H and O–H groups in total. The van der Waals surface area contributed by atoms with E-state index >= 15 is 0 Å². The molecule has 0 spiro atoms. The minimum atomic E-state index is -0.771. The lowest BCUT2D eigenvalue weighted by Crippen LogP contribution is -2.21. The third-order valence-electron chi connectivity index (χ3n) is 6.47. The second-order valence-electron chi connectivity index (χ2n) is 9.14. The highest BCUT2D eigenvalue weighted by atomic mass is 16.6. The van der Waals surface area contributed by atoms with Crippen LogP contribution in [0.4, 0.5) is 5.69 Å². The molecular weight excluding hydrogens is 514 g/mol. The number of esters is 1. The fourth-order valence-electron chi connectivity index (χ4n) is 4.45. The van der Waals surface area contributed by atoms with E-state index in [2.05, 4.69) is 13.0 Å². The first kappa shape index (κ1) is 28.0. The van der Waals surface area contributed by atoms with Crippen molar-refractivity contribution in [3.05, 3.63) is 98.9 Å². The molecule has 1 aliphatic heterocycles. The second kappa shape index (κ2) is 12.7. The van der Waals surface area contributed by atoms with Crippen molar-refractivity contribution in [3.63, 3.8) is 0 Å². The number of hydrogen-bond acceptors (Lipinski definition) is 9. The molecule has 10 heteroatoms. The highest BCUT2D eigenvalue weighted by molar-refractivity contribution is 5.91. The number of rotatable bonds is 11. The number of fused-ring (bicyclic) bond motifs is 1. The molecule has 0 bridgehead atoms. The van der Waals surface area contributed by atoms with Crippen LogP contribution in [0.25, 0.3) is 0 Å². The van der Waals surface area contributed by atoms with Gasteiger partial charge in [-0.1, -0.05) is 44.4 Å². The average Bonchev–Trinajstić information content (AvgIpc) is 2.96. The third kappa shape index (κ3) is 6.15. The van der Waals surface area contributed by atoms with Gasteiger partial charge >= 0.3 is 5.97 Å². The molecule has 0 fully saturated rings. The Hall–Kier alpha value is -5.04. The Morgan fingerprint density at radius 2 is 1.93 bits per heavy atom. The molecule has 40 heavy (non-hydrogen) atoms. The number of unbranched alkanes of at least 4 members (excludes halogenated alkanes) is 3. The van der Waals surface area contributed by atoms with Crippen molar-refractivity contribution < 1.29 is 28.7 Å². The number of carbonyl (C=O) groups excluding carboxylic acids is 1. The summed E-state index contributed by atoms with van der Waals surface area (Å²) in [5.74, 6) is 0.174. The van der Waals surface area contributed by atoms with E-state index in [1.54, 1.807) is 19.2 Å². The largest absolute Gasteiger partial charge is 0.493 e. The number of hydrogen-bond donors (Lipinski definition) is 1. The molecule has 0 amide bonds. The average molecular weight is 544 g/mol. The minimum absolute atomic E-state index is 0.0247. The summed E-state index contributed by atoms with van der Waals surface area (Å²) < 4.78 is 22.7. The smallest absolute Gasteiger partial charge is 0.343 e. The fraction of sp³-hybridized carbons (Fsp3) is 0.267. The summed E-state index contributed by atoms with van der Waals surface area (Å²) in [6, 6.07) is 17.6. The SMILES string of the molecule is CCCCCCOc1ccc(C2C(C#N)=C(N)Oc3cc(OC(=O)c4cccc([N+](=O)[O-])c4)ccc32)cc1OC. The number of nitro benzene ring substituents is 1. The normalized spacial score (nSPS) is 14.0. The lowest BCUT2D eigenvalue weighted by molar-refractivity contribution is -0.384. The van der Waals surface area contributed by atoms with E-state index in [4.69, 9.17) is 24.7 Å². The molecule has 4 rings (SSSR count). The Morgan fingerprint density at radius 3 is 2.65 bits per heavy atom. The van der Waals surface area contributed by atoms with Crippen LogP contribution < -0.4 is 24.7 Å². The number of nitrogens with zero attached hydrogens (tertiary/aromatic N) is 2. The topological polar surface area (TPSA) is 147 Å². The molecule has 10 nitrogen and oxygen atoms in total. The van der Waals surface area contributed by atoms with Crippen LogP contribution in [-0.2, 0) is 0 Å². The Balaban J connectivity index is 1.60. The number of nitriles is 1. The molecule has 0 saturated carbocycles. The second-order valence-corrected chi connectivity index (χ2v) is 9.14. The van der Waals surface area contributed by atoms with Crippen LogP contribution in [0.5, 0.6) is 23.0 Å². The maximum atomic E-state index is 12.6. The highest BCUT2D eigenvalue weighted by Gasteiger charge is 2.32. The zero-order valence-electron chi connectivity index (χ0n) is 22.2. The molecule has 1 unspecified atom stereocenters. The van der Waals surface area contributed by atoms with E-state index in [1.165, 1.54) is 24.3 Å². The van der Waals surface area contributed by atoms with E-state index in [-0.39, 0.29) is 28.5 Å². The van der Waals surface area contributed by atoms with Gasteiger partial charge in [0.05, 0.1) is 30.1 Å². The van der Waals surface area contributed by atoms with Crippen LogP contribution in [0, 0.1) is 21.4 Å². The van der Waals surface area contributed by atoms with Crippen LogP contribution in [0.1, 0.15) is 60.0 Å². The van der Waals surface area contributed by atoms with Gasteiger partial charge in [-0.25, -0.2) is 4.79 Å². The number of ether oxygens (including phenoxy) is 4. The van der Waals surface area contributed by atoms with Gasteiger partial charge in [0.2, 0.25) is 5.88 Å². The van der Waals surface area contributed by atoms with E-state index in [0.717, 1.165) is 37.3 Å². The minimum Gasteiger partial charge on any atom is -0.493 e. The van der Waals surface area contributed by atoms with Crippen molar-refractivity contribution in [1.29, 1.82) is 5.26 Å². The monoisotopic (exact) mass is 543 g/mol. The number of non-ortho nitro benzene ring substituents is 1. The zero-order chi connectivity index (χ0) is 28.6. The molecule has 1 aliphatic rings. The van der Waals surface area contributed by atoms with E-state index < -0.39 is 16.8 Å². The van der Waals surface area contributed by atoms with Gasteiger partial charge in [-0.05, 0) is 36.2 Å². The van der Waals surface area contributed by atoms with Gasteiger partial charge < -0.3 is 24.7 Å². The predicted molar refractivity (Wildman–Crippen MR) is 146 cm³/mol. The molecule has 0 aromatic heterocycles. The number of carbonyl (C=O) groups is 1. The predicted octanol–water partition coefficient (Wildman–Crippen LogP) is 6.00. The molecule has 3 aromatic rings. The summed E-state index contributed by atoms with van der Waals surface area (Å²) in [4.78, 5) is 23.1. The molecule has 206 valence electrons. The first-order valence-electron chi connectivity index (χ1n) is 12.8. The standard InChI is InChI=1S/C30H29N3O7/c1-3-4-5-6-14-38-25-13-10-19(16-27(25)37-2)28-23-12-11-22(17-26(23)40-29(32)24(28)18-31)39-30(34)20-8-7-9-21(15-20)33(35)36/h7-13,15-17,28H,3-6,14,32H2,1-2H3. The van der Waals surface area contributed by atoms with Gasteiger partial charge in [-0.3, -0.25) is 10.1 Å². The summed E-state index contributed by atoms with van der Waals surface area (Å²) in [7, 11) is 1.55. The highest BCUT2D eigenvalue weighted by Crippen LogP contribution is 2.45. The first-order valence-corrected chi connectivity index (χ1v) is 12.8. The summed E-state index contributed by atoms with van der Waals surface area (Å²) in [6.07, 6.45) is 4.33. The summed E-state index contributed by atoms with van der Waals surface area (Å²) in [6.45, 7) is 2.73. The van der Waals surface area contributed by atoms with Crippen molar-refractivity contribution in [1.82, 2.24) is 0 Å². The zero-order valence-corrected chi connectivity index (χ0v) is 22.2. The number of benzene rings is 3. The van der Waals surface area contributed by atoms with Crippen LogP contribution in [0.2, 0.25) is 0 Å². The first-order chi connectivity index (χ1) is 19.4. The van der Waals surface area contributed by atoms with Crippen molar-refractivity contribution >= 4 is 11.7 Å². The number of allylic oxidation sites excluding steroid dienone is 1. The van der Waals surface area contributed by atoms with Crippen molar-refractivity contribution in [2.45, 2.75) is 38.5 Å². The number of nitrogens with two attached hydrogens (primary N) is 1. The van der Waals surface area contributed by atoms with Crippen LogP contribution in [0.3, 0.4) is 0 Å². The molecule has 1 atom stereocenters. The Morgan fingerprint density at radius 1 is 1.10 bits per heavy atom. The summed E-state index contributed by atoms with van der Waals surface area (Å²) in [5, 5.41) is 21.0. The summed E-state index contributed by atoms with van der Waals surface area (Å²) in [5.41, 5.74) is 7.53. The fourth-order valence-corrected chi connectivity index (χ4v) is 4.45. The molecule has 0 aliphatic carbocycles. The van der Waals surface area contributed by atoms with Crippen molar-refractivity contribution in [2.24, 2.45) is 5.73 Å². The van der Waals surface area contributed by atoms with Crippen molar-refractivity contribution in [2.75, 3.05) is 13.7 Å². The quantitative estimate of drug-likeness (QED) is 0.101. The number of methoxy groups -OCH3 is 1. The lowest BCUT2D eigenvalue weighted by Gasteiger charge is -2.27. The van der Waals surface area contributed by atoms with Gasteiger partial charge in [-0.15, -0.1) is 0 Å². The van der Waals surface area contributed by atoms with Gasteiger partial charge in [0.15, 0.2) is 11.5 Å². The Bertz CT molecular complexity index is 1490. The lowest BCUT2D eigenvalue weighted by atomic mass is 9.83. The maximum Gasteiger partial charge on any atom is 0.343 e. The van der Waals surface area contributed by atoms with E-state index in [9.17, 15) is 20.2 Å². The van der Waals surface area contributed by atoms with Gasteiger partial charge in [0.1, 0.15) is 23.1 Å².